The number of methoxy groups -OCH3 is 2. The summed E-state index contributed by atoms with van der Waals surface area (Å²) >= 11 is 0. The molecule has 0 aliphatic carbocycles. The molecule has 1 aliphatic heterocycles. The zero-order chi connectivity index (χ0) is 23.2. The SMILES string of the molecule is COc1cc2nc(C3(C)CCCN3C(=O)c3cc(F)ccc3-n3nccn3)[nH]c2cc1OC. The van der Waals surface area contributed by atoms with Crippen molar-refractivity contribution in [2.75, 3.05) is 20.8 Å². The van der Waals surface area contributed by atoms with Crippen molar-refractivity contribution >= 4 is 16.9 Å². The second-order valence-corrected chi connectivity index (χ2v) is 8.12. The van der Waals surface area contributed by atoms with E-state index < -0.39 is 11.4 Å². The van der Waals surface area contributed by atoms with Crippen LogP contribution in [0.1, 0.15) is 35.9 Å². The van der Waals surface area contributed by atoms with Crippen LogP contribution in [-0.4, -0.2) is 56.5 Å². The molecular formula is C23H23FN6O3. The van der Waals surface area contributed by atoms with Crippen molar-refractivity contribution in [1.29, 1.82) is 0 Å². The normalized spacial score (nSPS) is 18.1. The molecule has 3 heterocycles. The van der Waals surface area contributed by atoms with Gasteiger partial charge in [-0.1, -0.05) is 0 Å². The standard InChI is InChI=1S/C23H23FN6O3/c1-23(22-27-16-12-19(32-2)20(33-3)13-17(16)28-22)7-4-10-29(23)21(31)15-11-14(24)5-6-18(15)30-25-8-9-26-30/h5-6,8-9,11-13H,4,7,10H2,1-3H3,(H,27,28). The average Bonchev–Trinajstić information content (AvgIpc) is 3.57. The molecule has 4 aromatic rings. The molecule has 0 saturated carbocycles. The quantitative estimate of drug-likeness (QED) is 0.500. The Labute approximate surface area is 189 Å². The van der Waals surface area contributed by atoms with Gasteiger partial charge in [-0.3, -0.25) is 4.79 Å². The first-order valence-electron chi connectivity index (χ1n) is 10.5. The molecule has 1 amide bonds. The summed E-state index contributed by atoms with van der Waals surface area (Å²) in [5.41, 5.74) is 1.38. The topological polar surface area (TPSA) is 98.2 Å². The molecule has 2 aromatic heterocycles. The summed E-state index contributed by atoms with van der Waals surface area (Å²) in [4.78, 5) is 24.9. The van der Waals surface area contributed by atoms with Gasteiger partial charge < -0.3 is 19.4 Å². The number of amides is 1. The number of nitrogens with zero attached hydrogens (tertiary/aromatic N) is 5. The molecule has 2 aromatic carbocycles. The van der Waals surface area contributed by atoms with E-state index in [1.165, 1.54) is 35.4 Å². The summed E-state index contributed by atoms with van der Waals surface area (Å²) in [6.45, 7) is 2.48. The van der Waals surface area contributed by atoms with Crippen LogP contribution < -0.4 is 9.47 Å². The molecule has 1 unspecified atom stereocenters. The van der Waals surface area contributed by atoms with Crippen LogP contribution in [0.3, 0.4) is 0 Å². The van der Waals surface area contributed by atoms with Crippen molar-refractivity contribution in [3.05, 3.63) is 59.9 Å². The van der Waals surface area contributed by atoms with Crippen molar-refractivity contribution in [3.8, 4) is 17.2 Å². The molecule has 0 radical (unpaired) electrons. The number of hydrogen-bond donors (Lipinski definition) is 1. The van der Waals surface area contributed by atoms with Crippen LogP contribution >= 0.6 is 0 Å². The number of ether oxygens (including phenoxy) is 2. The van der Waals surface area contributed by atoms with Gasteiger partial charge in [0.25, 0.3) is 5.91 Å². The molecule has 0 spiro atoms. The molecule has 1 fully saturated rings. The number of aromatic nitrogens is 5. The van der Waals surface area contributed by atoms with Gasteiger partial charge in [0, 0.05) is 18.7 Å². The zero-order valence-electron chi connectivity index (χ0n) is 18.5. The maximum Gasteiger partial charge on any atom is 0.257 e. The number of halogens is 1. The van der Waals surface area contributed by atoms with Gasteiger partial charge >= 0.3 is 0 Å². The highest BCUT2D eigenvalue weighted by Crippen LogP contribution is 2.40. The predicted octanol–water partition coefficient (Wildman–Crippen LogP) is 3.45. The van der Waals surface area contributed by atoms with Gasteiger partial charge in [-0.15, -0.1) is 0 Å². The minimum absolute atomic E-state index is 0.193. The van der Waals surface area contributed by atoms with E-state index in [4.69, 9.17) is 14.5 Å². The Kier molecular flexibility index (Phi) is 4.99. The highest BCUT2D eigenvalue weighted by molar-refractivity contribution is 5.98. The molecule has 9 nitrogen and oxygen atoms in total. The van der Waals surface area contributed by atoms with Crippen molar-refractivity contribution in [3.63, 3.8) is 0 Å². The predicted molar refractivity (Wildman–Crippen MR) is 118 cm³/mol. The summed E-state index contributed by atoms with van der Waals surface area (Å²) in [6, 6.07) is 7.65. The van der Waals surface area contributed by atoms with Crippen molar-refractivity contribution in [2.45, 2.75) is 25.3 Å². The third-order valence-electron chi connectivity index (χ3n) is 6.21. The molecule has 0 bridgehead atoms. The van der Waals surface area contributed by atoms with Gasteiger partial charge in [0.2, 0.25) is 0 Å². The summed E-state index contributed by atoms with van der Waals surface area (Å²) in [6.07, 6.45) is 4.51. The molecule has 1 atom stereocenters. The van der Waals surface area contributed by atoms with Crippen molar-refractivity contribution in [2.24, 2.45) is 0 Å². The van der Waals surface area contributed by atoms with Crippen LogP contribution in [0.2, 0.25) is 0 Å². The lowest BCUT2D eigenvalue weighted by Crippen LogP contribution is -2.44. The smallest absolute Gasteiger partial charge is 0.257 e. The molecule has 5 rings (SSSR count). The molecule has 1 aliphatic rings. The molecule has 10 heteroatoms. The molecular weight excluding hydrogens is 427 g/mol. The Balaban J connectivity index is 1.57. The largest absolute Gasteiger partial charge is 0.493 e. The fraction of sp³-hybridized carbons (Fsp3) is 0.304. The second kappa shape index (κ2) is 7.88. The van der Waals surface area contributed by atoms with E-state index in [1.807, 2.05) is 13.0 Å². The number of rotatable bonds is 5. The molecule has 1 N–H and O–H groups in total. The van der Waals surface area contributed by atoms with Gasteiger partial charge in [-0.2, -0.15) is 15.0 Å². The van der Waals surface area contributed by atoms with E-state index in [0.29, 0.717) is 41.5 Å². The summed E-state index contributed by atoms with van der Waals surface area (Å²) < 4.78 is 25.0. The number of benzene rings is 2. The van der Waals surface area contributed by atoms with Crippen molar-refractivity contribution < 1.29 is 18.7 Å². The fourth-order valence-electron chi connectivity index (χ4n) is 4.47. The van der Waals surface area contributed by atoms with Gasteiger partial charge in [0.15, 0.2) is 11.5 Å². The first-order valence-corrected chi connectivity index (χ1v) is 10.5. The number of aromatic amines is 1. The number of carbonyl (C=O) groups is 1. The second-order valence-electron chi connectivity index (χ2n) is 8.12. The third-order valence-corrected chi connectivity index (χ3v) is 6.21. The summed E-state index contributed by atoms with van der Waals surface area (Å²) in [7, 11) is 3.14. The third kappa shape index (κ3) is 3.38. The van der Waals surface area contributed by atoms with E-state index in [2.05, 4.69) is 15.2 Å². The van der Waals surface area contributed by atoms with Gasteiger partial charge in [0.1, 0.15) is 11.6 Å². The Morgan fingerprint density at radius 1 is 1.12 bits per heavy atom. The molecule has 33 heavy (non-hydrogen) atoms. The number of fused-ring (bicyclic) bond motifs is 1. The Morgan fingerprint density at radius 3 is 2.58 bits per heavy atom. The molecule has 170 valence electrons. The minimum Gasteiger partial charge on any atom is -0.493 e. The monoisotopic (exact) mass is 450 g/mol. The Morgan fingerprint density at radius 2 is 1.85 bits per heavy atom. The number of H-pyrrole nitrogens is 1. The average molecular weight is 450 g/mol. The number of nitrogens with one attached hydrogen (secondary N) is 1. The van der Waals surface area contributed by atoms with Crippen LogP contribution in [0.4, 0.5) is 4.39 Å². The Hall–Kier alpha value is -3.95. The van der Waals surface area contributed by atoms with E-state index in [1.54, 1.807) is 25.2 Å². The van der Waals surface area contributed by atoms with Crippen LogP contribution in [0.15, 0.2) is 42.7 Å². The van der Waals surface area contributed by atoms with Gasteiger partial charge in [-0.05, 0) is 38.0 Å². The van der Waals surface area contributed by atoms with E-state index in [-0.39, 0.29) is 11.5 Å². The van der Waals surface area contributed by atoms with Crippen LogP contribution in [0.25, 0.3) is 16.7 Å². The van der Waals surface area contributed by atoms with E-state index in [9.17, 15) is 9.18 Å². The lowest BCUT2D eigenvalue weighted by Gasteiger charge is -2.34. The first kappa shape index (κ1) is 20.9. The number of hydrogen-bond acceptors (Lipinski definition) is 6. The maximum absolute atomic E-state index is 14.2. The Bertz CT molecular complexity index is 1290. The first-order chi connectivity index (χ1) is 15.9. The van der Waals surface area contributed by atoms with Gasteiger partial charge in [0.05, 0.1) is 54.4 Å². The number of likely N-dealkylation sites (tertiary alicyclic amines) is 1. The van der Waals surface area contributed by atoms with E-state index >= 15 is 0 Å². The maximum atomic E-state index is 14.2. The van der Waals surface area contributed by atoms with Gasteiger partial charge in [-0.25, -0.2) is 9.37 Å². The lowest BCUT2D eigenvalue weighted by atomic mass is 9.97. The summed E-state index contributed by atoms with van der Waals surface area (Å²) in [5, 5.41) is 8.22. The van der Waals surface area contributed by atoms with Crippen LogP contribution in [0.5, 0.6) is 11.5 Å². The summed E-state index contributed by atoms with van der Waals surface area (Å²) in [5.74, 6) is 0.994. The highest BCUT2D eigenvalue weighted by atomic mass is 19.1. The zero-order valence-corrected chi connectivity index (χ0v) is 18.5. The number of carbonyl (C=O) groups excluding carboxylic acids is 1. The lowest BCUT2D eigenvalue weighted by molar-refractivity contribution is 0.0605. The van der Waals surface area contributed by atoms with Crippen LogP contribution in [0, 0.1) is 5.82 Å². The van der Waals surface area contributed by atoms with Crippen molar-refractivity contribution in [1.82, 2.24) is 29.9 Å². The molecule has 1 saturated heterocycles. The minimum atomic E-state index is -0.711. The van der Waals surface area contributed by atoms with E-state index in [0.717, 1.165) is 11.9 Å². The van der Waals surface area contributed by atoms with Crippen LogP contribution in [-0.2, 0) is 5.54 Å². The fourth-order valence-corrected chi connectivity index (χ4v) is 4.47. The highest BCUT2D eigenvalue weighted by Gasteiger charge is 2.44. The number of imidazole rings is 1.